The zero-order chi connectivity index (χ0) is 25.6. The highest BCUT2D eigenvalue weighted by molar-refractivity contribution is 5.94. The summed E-state index contributed by atoms with van der Waals surface area (Å²) in [6.45, 7) is 8.89. The monoisotopic (exact) mass is 476 g/mol. The highest BCUT2D eigenvalue weighted by atomic mass is 16.3. The molecule has 0 aliphatic carbocycles. The van der Waals surface area contributed by atoms with E-state index in [9.17, 15) is 15.0 Å². The van der Waals surface area contributed by atoms with Gasteiger partial charge in [-0.3, -0.25) is 4.79 Å². The van der Waals surface area contributed by atoms with Crippen molar-refractivity contribution in [3.05, 3.63) is 88.1 Å². The highest BCUT2D eigenvalue weighted by Gasteiger charge is 2.20. The Balaban J connectivity index is 1.54. The van der Waals surface area contributed by atoms with Gasteiger partial charge in [0.05, 0.1) is 6.10 Å². The number of amides is 1. The molecule has 2 aromatic carbocycles. The number of hydrogen-bond acceptors (Lipinski definition) is 6. The number of nitrogens with zero attached hydrogens (tertiary/aromatic N) is 1. The van der Waals surface area contributed by atoms with Gasteiger partial charge in [0.2, 0.25) is 0 Å². The van der Waals surface area contributed by atoms with Crippen LogP contribution in [0.3, 0.4) is 0 Å². The number of anilines is 1. The summed E-state index contributed by atoms with van der Waals surface area (Å²) in [5.74, 6) is 0.599. The lowest BCUT2D eigenvalue weighted by Gasteiger charge is -2.28. The van der Waals surface area contributed by atoms with Crippen molar-refractivity contribution in [3.63, 3.8) is 0 Å². The molecule has 0 unspecified atom stereocenters. The Labute approximate surface area is 207 Å². The van der Waals surface area contributed by atoms with Crippen LogP contribution in [0.1, 0.15) is 58.1 Å². The van der Waals surface area contributed by atoms with Crippen LogP contribution < -0.4 is 16.4 Å². The van der Waals surface area contributed by atoms with Crippen LogP contribution in [0.15, 0.2) is 54.7 Å². The molecule has 0 radical (unpaired) electrons. The second kappa shape index (κ2) is 11.3. The fourth-order valence-corrected chi connectivity index (χ4v) is 4.05. The SMILES string of the molecule is Cc1c(O)ccc(CCNC(=O)c2cccc(CC(C)(C)NC[C@H](O)c3ccc(N)nc3)c2)c1C. The van der Waals surface area contributed by atoms with E-state index in [2.05, 4.69) is 29.5 Å². The molecule has 6 N–H and O–H groups in total. The van der Waals surface area contributed by atoms with Gasteiger partial charge >= 0.3 is 0 Å². The van der Waals surface area contributed by atoms with E-state index < -0.39 is 6.10 Å². The van der Waals surface area contributed by atoms with Crippen LogP contribution in [0.4, 0.5) is 5.82 Å². The molecule has 0 saturated heterocycles. The Kier molecular flexibility index (Phi) is 8.48. The molecule has 0 spiro atoms. The maximum atomic E-state index is 12.7. The number of nitrogens with one attached hydrogen (secondary N) is 2. The van der Waals surface area contributed by atoms with Crippen LogP contribution in [-0.2, 0) is 12.8 Å². The number of pyridine rings is 1. The van der Waals surface area contributed by atoms with Gasteiger partial charge in [-0.1, -0.05) is 24.3 Å². The summed E-state index contributed by atoms with van der Waals surface area (Å²) in [4.78, 5) is 16.8. The number of β-amino-alcohol motifs (C(OH)–C–C–N with tert-alkyl or cyclic N) is 1. The number of rotatable bonds is 10. The third kappa shape index (κ3) is 7.28. The van der Waals surface area contributed by atoms with Gasteiger partial charge in [0.25, 0.3) is 5.91 Å². The van der Waals surface area contributed by atoms with Crippen molar-refractivity contribution in [1.82, 2.24) is 15.6 Å². The van der Waals surface area contributed by atoms with Crippen LogP contribution in [0, 0.1) is 13.8 Å². The summed E-state index contributed by atoms with van der Waals surface area (Å²) in [5, 5.41) is 26.7. The molecule has 1 atom stereocenters. The Bertz CT molecular complexity index is 1160. The maximum absolute atomic E-state index is 12.7. The Morgan fingerprint density at radius 3 is 2.60 bits per heavy atom. The lowest BCUT2D eigenvalue weighted by atomic mass is 9.93. The molecular formula is C28H36N4O3. The first-order chi connectivity index (χ1) is 16.6. The number of phenols is 1. The summed E-state index contributed by atoms with van der Waals surface area (Å²) in [5.41, 5.74) is 10.7. The molecule has 3 aromatic rings. The van der Waals surface area contributed by atoms with Gasteiger partial charge in [-0.15, -0.1) is 0 Å². The minimum Gasteiger partial charge on any atom is -0.508 e. The van der Waals surface area contributed by atoms with Gasteiger partial charge < -0.3 is 26.6 Å². The largest absolute Gasteiger partial charge is 0.508 e. The number of phenolic OH excluding ortho intramolecular Hbond substituents is 1. The van der Waals surface area contributed by atoms with Crippen molar-refractivity contribution in [2.24, 2.45) is 0 Å². The van der Waals surface area contributed by atoms with Crippen LogP contribution in [-0.4, -0.2) is 39.7 Å². The Morgan fingerprint density at radius 1 is 1.11 bits per heavy atom. The lowest BCUT2D eigenvalue weighted by Crippen LogP contribution is -2.43. The van der Waals surface area contributed by atoms with Gasteiger partial charge in [-0.05, 0) is 87.1 Å². The number of aromatic hydroxyl groups is 1. The molecule has 1 aromatic heterocycles. The van der Waals surface area contributed by atoms with Crippen LogP contribution >= 0.6 is 0 Å². The van der Waals surface area contributed by atoms with Gasteiger partial charge in [-0.25, -0.2) is 4.98 Å². The average molecular weight is 477 g/mol. The molecular weight excluding hydrogens is 440 g/mol. The van der Waals surface area contributed by atoms with Gasteiger partial charge in [0.15, 0.2) is 0 Å². The summed E-state index contributed by atoms with van der Waals surface area (Å²) in [7, 11) is 0. The Hall–Kier alpha value is -3.42. The van der Waals surface area contributed by atoms with E-state index in [0.717, 1.165) is 22.3 Å². The molecule has 0 fully saturated rings. The van der Waals surface area contributed by atoms with E-state index in [1.807, 2.05) is 44.2 Å². The standard InChI is InChI=1S/C28H36N4O3/c1-18-19(2)24(33)10-8-21(18)12-13-30-27(35)22-7-5-6-20(14-22)15-28(3,4)32-17-25(34)23-9-11-26(29)31-16-23/h5-11,14,16,25,32-34H,12-13,15,17H2,1-4H3,(H2,29,31)(H,30,35)/t25-/m0/s1. The zero-order valence-electron chi connectivity index (χ0n) is 20.9. The summed E-state index contributed by atoms with van der Waals surface area (Å²) in [6, 6.07) is 14.7. The molecule has 0 bridgehead atoms. The molecule has 0 aliphatic rings. The number of benzene rings is 2. The second-order valence-corrected chi connectivity index (χ2v) is 9.67. The summed E-state index contributed by atoms with van der Waals surface area (Å²) < 4.78 is 0. The molecule has 0 aliphatic heterocycles. The molecule has 0 saturated carbocycles. The summed E-state index contributed by atoms with van der Waals surface area (Å²) >= 11 is 0. The smallest absolute Gasteiger partial charge is 0.251 e. The third-order valence-electron chi connectivity index (χ3n) is 6.35. The zero-order valence-corrected chi connectivity index (χ0v) is 20.9. The van der Waals surface area contributed by atoms with Crippen molar-refractivity contribution in [2.75, 3.05) is 18.8 Å². The van der Waals surface area contributed by atoms with E-state index in [1.54, 1.807) is 24.4 Å². The molecule has 7 heteroatoms. The van der Waals surface area contributed by atoms with Gasteiger partial charge in [-0.2, -0.15) is 0 Å². The fraction of sp³-hybridized carbons (Fsp3) is 0.357. The quantitative estimate of drug-likeness (QED) is 0.305. The molecule has 186 valence electrons. The first-order valence-corrected chi connectivity index (χ1v) is 11.9. The Morgan fingerprint density at radius 2 is 1.89 bits per heavy atom. The van der Waals surface area contributed by atoms with Crippen molar-refractivity contribution in [3.8, 4) is 5.75 Å². The first kappa shape index (κ1) is 26.2. The molecule has 1 heterocycles. The van der Waals surface area contributed by atoms with E-state index >= 15 is 0 Å². The fourth-order valence-electron chi connectivity index (χ4n) is 4.05. The molecule has 35 heavy (non-hydrogen) atoms. The number of aliphatic hydroxyl groups excluding tert-OH is 1. The number of aromatic nitrogens is 1. The predicted molar refractivity (Wildman–Crippen MR) is 139 cm³/mol. The van der Waals surface area contributed by atoms with Crippen LogP contribution in [0.2, 0.25) is 0 Å². The minimum absolute atomic E-state index is 0.114. The van der Waals surface area contributed by atoms with E-state index in [1.165, 1.54) is 0 Å². The topological polar surface area (TPSA) is 120 Å². The second-order valence-electron chi connectivity index (χ2n) is 9.67. The maximum Gasteiger partial charge on any atom is 0.251 e. The number of carbonyl (C=O) groups excluding carboxylic acids is 1. The lowest BCUT2D eigenvalue weighted by molar-refractivity contribution is 0.0954. The van der Waals surface area contributed by atoms with E-state index in [-0.39, 0.29) is 11.4 Å². The van der Waals surface area contributed by atoms with Crippen LogP contribution in [0.25, 0.3) is 0 Å². The number of aliphatic hydroxyl groups is 1. The summed E-state index contributed by atoms with van der Waals surface area (Å²) in [6.07, 6.45) is 2.27. The number of nitrogens with two attached hydrogens (primary N) is 1. The molecule has 7 nitrogen and oxygen atoms in total. The molecule has 1 amide bonds. The van der Waals surface area contributed by atoms with Crippen molar-refractivity contribution in [1.29, 1.82) is 0 Å². The van der Waals surface area contributed by atoms with E-state index in [4.69, 9.17) is 5.73 Å². The van der Waals surface area contributed by atoms with Crippen molar-refractivity contribution in [2.45, 2.75) is 52.2 Å². The first-order valence-electron chi connectivity index (χ1n) is 11.9. The average Bonchev–Trinajstić information content (AvgIpc) is 2.83. The predicted octanol–water partition coefficient (Wildman–Crippen LogP) is 3.60. The third-order valence-corrected chi connectivity index (χ3v) is 6.35. The van der Waals surface area contributed by atoms with Gasteiger partial charge in [0, 0.05) is 36.0 Å². The minimum atomic E-state index is -0.694. The molecule has 3 rings (SSSR count). The van der Waals surface area contributed by atoms with Gasteiger partial charge in [0.1, 0.15) is 11.6 Å². The highest BCUT2D eigenvalue weighted by Crippen LogP contribution is 2.23. The van der Waals surface area contributed by atoms with E-state index in [0.29, 0.717) is 48.6 Å². The van der Waals surface area contributed by atoms with Crippen LogP contribution in [0.5, 0.6) is 5.75 Å². The number of carbonyl (C=O) groups is 1. The van der Waals surface area contributed by atoms with Crippen molar-refractivity contribution < 1.29 is 15.0 Å². The normalized spacial score (nSPS) is 12.4. The number of nitrogen functional groups attached to an aromatic ring is 1. The van der Waals surface area contributed by atoms with Crippen molar-refractivity contribution >= 4 is 11.7 Å². The number of hydrogen-bond donors (Lipinski definition) is 5.